The van der Waals surface area contributed by atoms with E-state index in [-0.39, 0.29) is 17.1 Å². The third-order valence-electron chi connectivity index (χ3n) is 2.80. The Morgan fingerprint density at radius 1 is 1.27 bits per heavy atom. The Morgan fingerprint density at radius 2 is 2.05 bits per heavy atom. The first-order valence-electron chi connectivity index (χ1n) is 6.46. The predicted octanol–water partition coefficient (Wildman–Crippen LogP) is 3.76. The molecule has 0 aliphatic heterocycles. The average Bonchev–Trinajstić information content (AvgIpc) is 2.42. The summed E-state index contributed by atoms with van der Waals surface area (Å²) in [4.78, 5) is 23.5. The molecule has 1 N–H and O–H groups in total. The highest BCUT2D eigenvalue weighted by molar-refractivity contribution is 6.30. The number of allylic oxidation sites excluding steroid dienone is 3. The second-order valence-electron chi connectivity index (χ2n) is 4.54. The van der Waals surface area contributed by atoms with Crippen molar-refractivity contribution in [3.8, 4) is 5.75 Å². The van der Waals surface area contributed by atoms with Crippen molar-refractivity contribution in [2.75, 3.05) is 0 Å². The molecule has 0 saturated heterocycles. The zero-order valence-electron chi connectivity index (χ0n) is 11.7. The average molecular weight is 317 g/mol. The van der Waals surface area contributed by atoms with E-state index in [0.717, 1.165) is 5.56 Å². The van der Waals surface area contributed by atoms with E-state index in [9.17, 15) is 14.7 Å². The summed E-state index contributed by atoms with van der Waals surface area (Å²) in [7, 11) is 0. The molecule has 1 aromatic carbocycles. The molecule has 0 bridgehead atoms. The van der Waals surface area contributed by atoms with E-state index in [1.165, 1.54) is 25.1 Å². The number of halogens is 1. The molecule has 0 amide bonds. The minimum absolute atomic E-state index is 0.240. The van der Waals surface area contributed by atoms with Crippen LogP contribution in [0.3, 0.4) is 0 Å². The topological polar surface area (TPSA) is 67.5 Å². The summed E-state index contributed by atoms with van der Waals surface area (Å²) < 4.78 is 4.80. The van der Waals surface area contributed by atoms with Crippen LogP contribution in [0, 0.1) is 6.92 Å². The maximum Gasteiger partial charge on any atom is 0.351 e. The summed E-state index contributed by atoms with van der Waals surface area (Å²) in [5, 5.41) is 10.3. The smallest absolute Gasteiger partial charge is 0.351 e. The zero-order valence-corrected chi connectivity index (χ0v) is 12.5. The van der Waals surface area contributed by atoms with E-state index in [1.54, 1.807) is 24.3 Å². The van der Waals surface area contributed by atoms with Crippen molar-refractivity contribution < 1.29 is 14.3 Å². The molecular formula is C17H13ClO4. The Kier molecular flexibility index (Phi) is 4.96. The van der Waals surface area contributed by atoms with E-state index >= 15 is 0 Å². The largest absolute Gasteiger partial charge is 0.507 e. The van der Waals surface area contributed by atoms with Crippen molar-refractivity contribution in [2.24, 2.45) is 0 Å². The molecule has 2 rings (SSSR count). The lowest BCUT2D eigenvalue weighted by atomic mass is 10.1. The van der Waals surface area contributed by atoms with Gasteiger partial charge < -0.3 is 9.52 Å². The first-order valence-corrected chi connectivity index (χ1v) is 6.83. The standard InChI is InChI=1S/C17H13ClO4/c1-11-9-15(20)16(17(21)22-11)14(19)8-3-2-5-12-6-4-7-13(18)10-12/h2-10,20H,1H3/b5-2+,8-3+. The molecule has 0 aliphatic carbocycles. The number of carbonyl (C=O) groups excluding carboxylic acids is 1. The van der Waals surface area contributed by atoms with Gasteiger partial charge in [0.15, 0.2) is 5.78 Å². The molecule has 0 radical (unpaired) electrons. The highest BCUT2D eigenvalue weighted by atomic mass is 35.5. The number of aromatic hydroxyl groups is 1. The first kappa shape index (κ1) is 15.8. The summed E-state index contributed by atoms with van der Waals surface area (Å²) in [6, 6.07) is 8.43. The molecule has 0 spiro atoms. The van der Waals surface area contributed by atoms with Crippen molar-refractivity contribution in [3.63, 3.8) is 0 Å². The fourth-order valence-corrected chi connectivity index (χ4v) is 2.02. The van der Waals surface area contributed by atoms with Crippen molar-refractivity contribution in [1.82, 2.24) is 0 Å². The number of carbonyl (C=O) groups is 1. The quantitative estimate of drug-likeness (QED) is 0.530. The van der Waals surface area contributed by atoms with Crippen LogP contribution < -0.4 is 5.63 Å². The van der Waals surface area contributed by atoms with Gasteiger partial charge in [0.1, 0.15) is 17.1 Å². The molecule has 0 unspecified atom stereocenters. The zero-order chi connectivity index (χ0) is 16.1. The molecule has 2 aromatic rings. The van der Waals surface area contributed by atoms with Crippen LogP contribution in [0.25, 0.3) is 6.08 Å². The number of rotatable bonds is 4. The Hall–Kier alpha value is -2.59. The SMILES string of the molecule is Cc1cc(O)c(C(=O)/C=C/C=C/c2cccc(Cl)c2)c(=O)o1. The molecule has 0 fully saturated rings. The molecular weight excluding hydrogens is 304 g/mol. The molecule has 4 nitrogen and oxygen atoms in total. The third-order valence-corrected chi connectivity index (χ3v) is 3.03. The summed E-state index contributed by atoms with van der Waals surface area (Å²) in [5.41, 5.74) is -0.355. The van der Waals surface area contributed by atoms with Gasteiger partial charge in [0.05, 0.1) is 0 Å². The lowest BCUT2D eigenvalue weighted by molar-refractivity contribution is 0.104. The van der Waals surface area contributed by atoms with Gasteiger partial charge in [-0.1, -0.05) is 42.0 Å². The lowest BCUT2D eigenvalue weighted by Gasteiger charge is -1.99. The summed E-state index contributed by atoms with van der Waals surface area (Å²) >= 11 is 5.86. The van der Waals surface area contributed by atoms with Crippen LogP contribution in [0.2, 0.25) is 5.02 Å². The fraction of sp³-hybridized carbons (Fsp3) is 0.0588. The van der Waals surface area contributed by atoms with Gasteiger partial charge in [-0.3, -0.25) is 4.79 Å². The van der Waals surface area contributed by atoms with Gasteiger partial charge in [-0.2, -0.15) is 0 Å². The van der Waals surface area contributed by atoms with Gasteiger partial charge in [-0.05, 0) is 30.7 Å². The van der Waals surface area contributed by atoms with Crippen LogP contribution in [0.5, 0.6) is 5.75 Å². The maximum atomic E-state index is 11.9. The van der Waals surface area contributed by atoms with Crippen LogP contribution >= 0.6 is 11.6 Å². The van der Waals surface area contributed by atoms with Crippen LogP contribution in [0.15, 0.2) is 57.8 Å². The van der Waals surface area contributed by atoms with E-state index in [0.29, 0.717) is 5.02 Å². The molecule has 0 atom stereocenters. The molecule has 1 aromatic heterocycles. The van der Waals surface area contributed by atoms with Gasteiger partial charge in [0.25, 0.3) is 0 Å². The van der Waals surface area contributed by atoms with Crippen molar-refractivity contribution in [1.29, 1.82) is 0 Å². The minimum atomic E-state index is -0.856. The minimum Gasteiger partial charge on any atom is -0.507 e. The van der Waals surface area contributed by atoms with Crippen LogP contribution in [0.1, 0.15) is 21.7 Å². The van der Waals surface area contributed by atoms with E-state index in [2.05, 4.69) is 0 Å². The molecule has 22 heavy (non-hydrogen) atoms. The number of benzene rings is 1. The van der Waals surface area contributed by atoms with Crippen molar-refractivity contribution in [3.05, 3.63) is 80.9 Å². The maximum absolute atomic E-state index is 11.9. The number of ketones is 1. The highest BCUT2D eigenvalue weighted by Crippen LogP contribution is 2.15. The monoisotopic (exact) mass is 316 g/mol. The number of aryl methyl sites for hydroxylation is 1. The normalized spacial score (nSPS) is 11.4. The van der Waals surface area contributed by atoms with Gasteiger partial charge in [0.2, 0.25) is 0 Å². The highest BCUT2D eigenvalue weighted by Gasteiger charge is 2.15. The summed E-state index contributed by atoms with van der Waals surface area (Å²) in [6.07, 6.45) is 6.05. The van der Waals surface area contributed by atoms with Gasteiger partial charge in [0, 0.05) is 11.1 Å². The van der Waals surface area contributed by atoms with Crippen molar-refractivity contribution >= 4 is 23.5 Å². The van der Waals surface area contributed by atoms with Gasteiger partial charge in [-0.25, -0.2) is 4.79 Å². The molecule has 0 aliphatic rings. The Labute approximate surface area is 132 Å². The third kappa shape index (κ3) is 3.96. The number of hydrogen-bond acceptors (Lipinski definition) is 4. The van der Waals surface area contributed by atoms with Crippen molar-refractivity contribution in [2.45, 2.75) is 6.92 Å². The Bertz CT molecular complexity index is 816. The summed E-state index contributed by atoms with van der Waals surface area (Å²) in [6.45, 7) is 1.51. The van der Waals surface area contributed by atoms with Crippen LogP contribution in [-0.2, 0) is 0 Å². The van der Waals surface area contributed by atoms with Crippen LogP contribution in [0.4, 0.5) is 0 Å². The molecule has 1 heterocycles. The predicted molar refractivity (Wildman–Crippen MR) is 85.3 cm³/mol. The van der Waals surface area contributed by atoms with Gasteiger partial charge in [-0.15, -0.1) is 0 Å². The van der Waals surface area contributed by atoms with E-state index < -0.39 is 11.4 Å². The second-order valence-corrected chi connectivity index (χ2v) is 4.98. The second kappa shape index (κ2) is 6.91. The van der Waals surface area contributed by atoms with Crippen LogP contribution in [-0.4, -0.2) is 10.9 Å². The fourth-order valence-electron chi connectivity index (χ4n) is 1.83. The Balaban J connectivity index is 2.14. The van der Waals surface area contributed by atoms with E-state index in [4.69, 9.17) is 16.0 Å². The van der Waals surface area contributed by atoms with E-state index in [1.807, 2.05) is 12.1 Å². The lowest BCUT2D eigenvalue weighted by Crippen LogP contribution is -2.12. The first-order chi connectivity index (χ1) is 10.5. The van der Waals surface area contributed by atoms with Gasteiger partial charge >= 0.3 is 5.63 Å². The summed E-state index contributed by atoms with van der Waals surface area (Å²) in [5.74, 6) is -0.770. The Morgan fingerprint density at radius 3 is 2.73 bits per heavy atom. The molecule has 112 valence electrons. The number of hydrogen-bond donors (Lipinski definition) is 1. The molecule has 5 heteroatoms. The molecule has 0 saturated carbocycles.